The fourth-order valence-electron chi connectivity index (χ4n) is 1.13. The zero-order chi connectivity index (χ0) is 7.56. The van der Waals surface area contributed by atoms with E-state index in [0.717, 1.165) is 0 Å². The van der Waals surface area contributed by atoms with Gasteiger partial charge >= 0.3 is 0 Å². The summed E-state index contributed by atoms with van der Waals surface area (Å²) in [7, 11) is 0. The number of rotatable bonds is 1. The Hall–Kier alpha value is -0.150. The summed E-state index contributed by atoms with van der Waals surface area (Å²) in [6, 6.07) is 0. The third-order valence-electron chi connectivity index (χ3n) is 1.80. The molecule has 0 aromatic rings. The van der Waals surface area contributed by atoms with E-state index < -0.39 is 6.17 Å². The minimum Gasteiger partial charge on any atom is -0.393 e. The van der Waals surface area contributed by atoms with E-state index >= 15 is 0 Å². The van der Waals surface area contributed by atoms with Gasteiger partial charge in [0, 0.05) is 13.0 Å². The number of halogens is 1. The largest absolute Gasteiger partial charge is 0.393 e. The van der Waals surface area contributed by atoms with Gasteiger partial charge < -0.3 is 9.84 Å². The van der Waals surface area contributed by atoms with Crippen molar-refractivity contribution in [3.8, 4) is 0 Å². The lowest BCUT2D eigenvalue weighted by Crippen LogP contribution is -2.34. The maximum atomic E-state index is 12.5. The Bertz CT molecular complexity index is 106. The van der Waals surface area contributed by atoms with Crippen molar-refractivity contribution in [3.63, 3.8) is 0 Å². The van der Waals surface area contributed by atoms with Gasteiger partial charge in [-0.05, 0) is 13.3 Å². The lowest BCUT2D eigenvalue weighted by Gasteiger charge is -2.27. The molecule has 1 aliphatic heterocycles. The zero-order valence-corrected chi connectivity index (χ0v) is 6.09. The van der Waals surface area contributed by atoms with Crippen LogP contribution in [-0.4, -0.2) is 30.1 Å². The SMILES string of the molecule is C[C@@H](F)[C@@H]1C[C@H](O)CCO1. The van der Waals surface area contributed by atoms with E-state index in [-0.39, 0.29) is 12.2 Å². The molecule has 3 atom stereocenters. The molecule has 1 rings (SSSR count). The van der Waals surface area contributed by atoms with Crippen molar-refractivity contribution in [1.82, 2.24) is 0 Å². The van der Waals surface area contributed by atoms with Crippen LogP contribution in [0.2, 0.25) is 0 Å². The highest BCUT2D eigenvalue weighted by atomic mass is 19.1. The van der Waals surface area contributed by atoms with Gasteiger partial charge in [-0.2, -0.15) is 0 Å². The number of aliphatic hydroxyl groups is 1. The standard InChI is InChI=1S/C7H13FO2/c1-5(8)7-4-6(9)2-3-10-7/h5-7,9H,2-4H2,1H3/t5-,6-,7+/m1/s1. The van der Waals surface area contributed by atoms with Crippen LogP contribution in [0.25, 0.3) is 0 Å². The fourth-order valence-corrected chi connectivity index (χ4v) is 1.13. The molecule has 3 heteroatoms. The van der Waals surface area contributed by atoms with Gasteiger partial charge in [0.25, 0.3) is 0 Å². The molecule has 0 bridgehead atoms. The zero-order valence-electron chi connectivity index (χ0n) is 6.09. The normalized spacial score (nSPS) is 37.5. The van der Waals surface area contributed by atoms with Gasteiger partial charge in [-0.25, -0.2) is 4.39 Å². The van der Waals surface area contributed by atoms with Gasteiger partial charge in [0.1, 0.15) is 6.17 Å². The molecule has 0 unspecified atom stereocenters. The molecule has 0 aromatic heterocycles. The van der Waals surface area contributed by atoms with Gasteiger partial charge in [-0.3, -0.25) is 0 Å². The molecule has 1 saturated heterocycles. The quantitative estimate of drug-likeness (QED) is 0.598. The van der Waals surface area contributed by atoms with Crippen molar-refractivity contribution in [2.75, 3.05) is 6.61 Å². The van der Waals surface area contributed by atoms with Gasteiger partial charge in [-0.15, -0.1) is 0 Å². The summed E-state index contributed by atoms with van der Waals surface area (Å²) >= 11 is 0. The van der Waals surface area contributed by atoms with Gasteiger partial charge in [0.05, 0.1) is 12.2 Å². The molecule has 2 nitrogen and oxygen atoms in total. The van der Waals surface area contributed by atoms with Crippen LogP contribution < -0.4 is 0 Å². The average molecular weight is 148 g/mol. The first-order valence-electron chi connectivity index (χ1n) is 3.64. The van der Waals surface area contributed by atoms with E-state index in [0.29, 0.717) is 19.4 Å². The minimum atomic E-state index is -0.963. The Kier molecular flexibility index (Phi) is 2.63. The molecule has 0 aromatic carbocycles. The number of alkyl halides is 1. The molecule has 1 heterocycles. The van der Waals surface area contributed by atoms with Crippen LogP contribution in [0.4, 0.5) is 4.39 Å². The van der Waals surface area contributed by atoms with E-state index in [1.807, 2.05) is 0 Å². The molecular formula is C7H13FO2. The summed E-state index contributed by atoms with van der Waals surface area (Å²) in [6.45, 7) is 1.95. The van der Waals surface area contributed by atoms with Crippen LogP contribution in [-0.2, 0) is 4.74 Å². The Morgan fingerprint density at radius 2 is 2.40 bits per heavy atom. The molecule has 1 N–H and O–H groups in total. The smallest absolute Gasteiger partial charge is 0.123 e. The third kappa shape index (κ3) is 1.92. The summed E-state index contributed by atoms with van der Waals surface area (Å²) in [5.74, 6) is 0. The second kappa shape index (κ2) is 3.30. The number of aliphatic hydroxyl groups excluding tert-OH is 1. The first-order valence-corrected chi connectivity index (χ1v) is 3.64. The maximum absolute atomic E-state index is 12.5. The number of hydrogen-bond donors (Lipinski definition) is 1. The molecule has 0 saturated carbocycles. The third-order valence-corrected chi connectivity index (χ3v) is 1.80. The van der Waals surface area contributed by atoms with Crippen LogP contribution in [0.3, 0.4) is 0 Å². The van der Waals surface area contributed by atoms with E-state index in [2.05, 4.69) is 0 Å². The first-order chi connectivity index (χ1) is 4.70. The monoisotopic (exact) mass is 148 g/mol. The van der Waals surface area contributed by atoms with Crippen molar-refractivity contribution in [1.29, 1.82) is 0 Å². The van der Waals surface area contributed by atoms with Crippen LogP contribution >= 0.6 is 0 Å². The van der Waals surface area contributed by atoms with E-state index in [9.17, 15) is 4.39 Å². The first kappa shape index (κ1) is 7.95. The van der Waals surface area contributed by atoms with Crippen LogP contribution in [0.15, 0.2) is 0 Å². The van der Waals surface area contributed by atoms with Crippen molar-refractivity contribution < 1.29 is 14.2 Å². The van der Waals surface area contributed by atoms with Crippen LogP contribution in [0.1, 0.15) is 19.8 Å². The summed E-state index contributed by atoms with van der Waals surface area (Å²) < 4.78 is 17.6. The van der Waals surface area contributed by atoms with E-state index in [1.165, 1.54) is 6.92 Å². The lowest BCUT2D eigenvalue weighted by molar-refractivity contribution is -0.0721. The van der Waals surface area contributed by atoms with Gasteiger partial charge in [-0.1, -0.05) is 0 Å². The van der Waals surface area contributed by atoms with Crippen molar-refractivity contribution in [2.45, 2.75) is 38.1 Å². The Morgan fingerprint density at radius 1 is 1.70 bits per heavy atom. The fraction of sp³-hybridized carbons (Fsp3) is 1.00. The van der Waals surface area contributed by atoms with E-state index in [4.69, 9.17) is 9.84 Å². The predicted molar refractivity (Wildman–Crippen MR) is 35.6 cm³/mol. The molecule has 0 radical (unpaired) electrons. The number of ether oxygens (including phenoxy) is 1. The molecule has 1 aliphatic rings. The van der Waals surface area contributed by atoms with Crippen LogP contribution in [0.5, 0.6) is 0 Å². The molecule has 10 heavy (non-hydrogen) atoms. The second-order valence-electron chi connectivity index (χ2n) is 2.76. The highest BCUT2D eigenvalue weighted by Crippen LogP contribution is 2.17. The van der Waals surface area contributed by atoms with Gasteiger partial charge in [0.2, 0.25) is 0 Å². The van der Waals surface area contributed by atoms with Crippen molar-refractivity contribution >= 4 is 0 Å². The highest BCUT2D eigenvalue weighted by Gasteiger charge is 2.25. The molecule has 0 amide bonds. The Balaban J connectivity index is 2.32. The topological polar surface area (TPSA) is 29.5 Å². The van der Waals surface area contributed by atoms with E-state index in [1.54, 1.807) is 0 Å². The summed E-state index contributed by atoms with van der Waals surface area (Å²) in [5.41, 5.74) is 0. The van der Waals surface area contributed by atoms with Crippen LogP contribution in [0, 0.1) is 0 Å². The average Bonchev–Trinajstić information content (AvgIpc) is 1.88. The molecule has 0 spiro atoms. The van der Waals surface area contributed by atoms with Crippen molar-refractivity contribution in [3.05, 3.63) is 0 Å². The summed E-state index contributed by atoms with van der Waals surface area (Å²) in [6.07, 6.45) is -0.628. The molecule has 0 aliphatic carbocycles. The summed E-state index contributed by atoms with van der Waals surface area (Å²) in [5, 5.41) is 9.08. The van der Waals surface area contributed by atoms with Gasteiger partial charge in [0.15, 0.2) is 0 Å². The Morgan fingerprint density at radius 3 is 2.80 bits per heavy atom. The maximum Gasteiger partial charge on any atom is 0.123 e. The lowest BCUT2D eigenvalue weighted by atomic mass is 10.0. The molecule has 60 valence electrons. The minimum absolute atomic E-state index is 0.364. The molecular weight excluding hydrogens is 135 g/mol. The summed E-state index contributed by atoms with van der Waals surface area (Å²) in [4.78, 5) is 0. The second-order valence-corrected chi connectivity index (χ2v) is 2.76. The number of hydrogen-bond acceptors (Lipinski definition) is 2. The predicted octanol–water partition coefficient (Wildman–Crippen LogP) is 0.884. The molecule has 1 fully saturated rings. The Labute approximate surface area is 60.0 Å². The highest BCUT2D eigenvalue weighted by molar-refractivity contribution is 4.74. The van der Waals surface area contributed by atoms with Crippen molar-refractivity contribution in [2.24, 2.45) is 0 Å².